The minimum Gasteiger partial charge on any atom is -0.406 e. The largest absolute Gasteiger partial charge is 0.573 e. The van der Waals surface area contributed by atoms with E-state index in [9.17, 15) is 23.5 Å². The van der Waals surface area contributed by atoms with E-state index >= 15 is 0 Å². The van der Waals surface area contributed by atoms with Crippen LogP contribution >= 0.6 is 0 Å². The van der Waals surface area contributed by atoms with E-state index in [0.29, 0.717) is 26.1 Å². The fourth-order valence-corrected chi connectivity index (χ4v) is 2.38. The summed E-state index contributed by atoms with van der Waals surface area (Å²) in [6, 6.07) is 7.17. The molecule has 1 aliphatic heterocycles. The molecule has 2 rings (SSSR count). The fourth-order valence-electron chi connectivity index (χ4n) is 2.38. The normalized spacial score (nSPS) is 19.6. The maximum Gasteiger partial charge on any atom is 0.573 e. The number of rotatable bonds is 3. The number of ether oxygens (including phenoxy) is 2. The molecule has 0 aromatic heterocycles. The van der Waals surface area contributed by atoms with Crippen molar-refractivity contribution in [3.63, 3.8) is 0 Å². The Bertz CT molecular complexity index is 533. The monoisotopic (exact) mass is 301 g/mol. The molecule has 1 aromatic rings. The molecule has 4 nitrogen and oxygen atoms in total. The predicted octanol–water partition coefficient (Wildman–Crippen LogP) is 2.94. The number of hydrogen-bond donors (Lipinski definition) is 1. The van der Waals surface area contributed by atoms with Gasteiger partial charge in [0.2, 0.25) is 0 Å². The van der Waals surface area contributed by atoms with E-state index in [1.807, 2.05) is 0 Å². The lowest BCUT2D eigenvalue weighted by Gasteiger charge is -2.35. The number of nitriles is 1. The summed E-state index contributed by atoms with van der Waals surface area (Å²) in [6.07, 6.45) is -5.33. The number of hydrogen-bond acceptors (Lipinski definition) is 4. The number of halogens is 3. The molecule has 1 saturated heterocycles. The third-order valence-electron chi connectivity index (χ3n) is 3.54. The molecule has 1 aromatic carbocycles. The van der Waals surface area contributed by atoms with Crippen LogP contribution in [0.25, 0.3) is 0 Å². The van der Waals surface area contributed by atoms with Gasteiger partial charge in [-0.15, -0.1) is 13.2 Å². The third kappa shape index (κ3) is 3.65. The van der Waals surface area contributed by atoms with E-state index in [4.69, 9.17) is 4.74 Å². The van der Waals surface area contributed by atoms with Crippen LogP contribution in [0.5, 0.6) is 5.75 Å². The molecule has 1 atom stereocenters. The molecular formula is C14H14F3NO3. The van der Waals surface area contributed by atoms with Crippen molar-refractivity contribution in [2.75, 3.05) is 13.2 Å². The van der Waals surface area contributed by atoms with Crippen LogP contribution in [0.2, 0.25) is 0 Å². The number of aliphatic hydroxyl groups excluding tert-OH is 1. The Balaban J connectivity index is 2.24. The predicted molar refractivity (Wildman–Crippen MR) is 66.2 cm³/mol. The zero-order valence-electron chi connectivity index (χ0n) is 11.1. The molecule has 1 N–H and O–H groups in total. The average Bonchev–Trinajstić information content (AvgIpc) is 2.45. The van der Waals surface area contributed by atoms with Gasteiger partial charge in [-0.3, -0.25) is 0 Å². The van der Waals surface area contributed by atoms with Crippen molar-refractivity contribution in [3.8, 4) is 11.8 Å². The Morgan fingerprint density at radius 2 is 2.00 bits per heavy atom. The third-order valence-corrected chi connectivity index (χ3v) is 3.54. The van der Waals surface area contributed by atoms with Crippen LogP contribution in [0.3, 0.4) is 0 Å². The van der Waals surface area contributed by atoms with Crippen molar-refractivity contribution in [2.45, 2.75) is 25.3 Å². The molecule has 114 valence electrons. The summed E-state index contributed by atoms with van der Waals surface area (Å²) in [5.74, 6) is -0.417. The summed E-state index contributed by atoms with van der Waals surface area (Å²) >= 11 is 0. The summed E-state index contributed by atoms with van der Waals surface area (Å²) < 4.78 is 45.6. The number of benzene rings is 1. The molecule has 0 saturated carbocycles. The van der Waals surface area contributed by atoms with Gasteiger partial charge >= 0.3 is 6.36 Å². The van der Waals surface area contributed by atoms with Crippen LogP contribution in [0.15, 0.2) is 24.3 Å². The molecule has 7 heteroatoms. The molecule has 0 aliphatic carbocycles. The summed E-state index contributed by atoms with van der Waals surface area (Å²) in [7, 11) is 0. The molecule has 0 spiro atoms. The molecule has 1 heterocycles. The molecule has 1 unspecified atom stereocenters. The Morgan fingerprint density at radius 3 is 2.57 bits per heavy atom. The second-order valence-electron chi connectivity index (χ2n) is 4.90. The first kappa shape index (κ1) is 15.6. The highest BCUT2D eigenvalue weighted by Crippen LogP contribution is 2.42. The van der Waals surface area contributed by atoms with Gasteiger partial charge in [0.05, 0.1) is 17.6 Å². The van der Waals surface area contributed by atoms with Gasteiger partial charge in [-0.25, -0.2) is 0 Å². The van der Waals surface area contributed by atoms with Crippen LogP contribution in [0.4, 0.5) is 13.2 Å². The van der Waals surface area contributed by atoms with Gasteiger partial charge in [0, 0.05) is 13.2 Å². The van der Waals surface area contributed by atoms with Gasteiger partial charge in [-0.05, 0) is 30.5 Å². The minimum atomic E-state index is -4.80. The van der Waals surface area contributed by atoms with Crippen LogP contribution < -0.4 is 4.74 Å². The van der Waals surface area contributed by atoms with Crippen LogP contribution in [0.1, 0.15) is 24.5 Å². The molecule has 0 bridgehead atoms. The van der Waals surface area contributed by atoms with E-state index in [-0.39, 0.29) is 5.56 Å². The standard InChI is InChI=1S/C14H14F3NO3/c15-14(16,17)21-11-3-1-2-10(8-11)12(19)13(9-18)4-6-20-7-5-13/h1-3,8,12,19H,4-7H2. The zero-order valence-corrected chi connectivity index (χ0v) is 11.1. The van der Waals surface area contributed by atoms with Crippen molar-refractivity contribution in [1.82, 2.24) is 0 Å². The number of nitrogens with zero attached hydrogens (tertiary/aromatic N) is 1. The molecule has 21 heavy (non-hydrogen) atoms. The highest BCUT2D eigenvalue weighted by atomic mass is 19.4. The first-order valence-corrected chi connectivity index (χ1v) is 6.39. The van der Waals surface area contributed by atoms with Crippen LogP contribution in [0, 0.1) is 16.7 Å². The number of aliphatic hydroxyl groups is 1. The maximum atomic E-state index is 12.2. The van der Waals surface area contributed by atoms with E-state index in [2.05, 4.69) is 10.8 Å². The maximum absolute atomic E-state index is 12.2. The van der Waals surface area contributed by atoms with Gasteiger partial charge in [-0.2, -0.15) is 5.26 Å². The summed E-state index contributed by atoms with van der Waals surface area (Å²) in [5.41, 5.74) is -0.824. The van der Waals surface area contributed by atoms with Gasteiger partial charge in [-0.1, -0.05) is 12.1 Å². The molecule has 1 aliphatic rings. The Hall–Kier alpha value is -1.78. The second kappa shape index (κ2) is 5.92. The fraction of sp³-hybridized carbons (Fsp3) is 0.500. The minimum absolute atomic E-state index is 0.222. The first-order valence-electron chi connectivity index (χ1n) is 6.39. The van der Waals surface area contributed by atoms with Gasteiger partial charge in [0.25, 0.3) is 0 Å². The van der Waals surface area contributed by atoms with E-state index in [0.717, 1.165) is 12.1 Å². The SMILES string of the molecule is N#CC1(C(O)c2cccc(OC(F)(F)F)c2)CCOCC1. The van der Waals surface area contributed by atoms with Crippen LogP contribution in [-0.2, 0) is 4.74 Å². The smallest absolute Gasteiger partial charge is 0.406 e. The summed E-state index contributed by atoms with van der Waals surface area (Å²) in [5, 5.41) is 19.8. The Morgan fingerprint density at radius 1 is 1.33 bits per heavy atom. The summed E-state index contributed by atoms with van der Waals surface area (Å²) in [4.78, 5) is 0. The second-order valence-corrected chi connectivity index (χ2v) is 4.90. The van der Waals surface area contributed by atoms with Crippen molar-refractivity contribution >= 4 is 0 Å². The highest BCUT2D eigenvalue weighted by molar-refractivity contribution is 5.32. The number of alkyl halides is 3. The lowest BCUT2D eigenvalue weighted by molar-refractivity contribution is -0.274. The van der Waals surface area contributed by atoms with Crippen molar-refractivity contribution in [3.05, 3.63) is 29.8 Å². The van der Waals surface area contributed by atoms with Crippen molar-refractivity contribution < 1.29 is 27.8 Å². The molecule has 0 amide bonds. The first-order chi connectivity index (χ1) is 9.86. The van der Waals surface area contributed by atoms with Crippen molar-refractivity contribution in [2.24, 2.45) is 5.41 Å². The van der Waals surface area contributed by atoms with E-state index in [1.54, 1.807) is 0 Å². The average molecular weight is 301 g/mol. The van der Waals surface area contributed by atoms with Gasteiger partial charge < -0.3 is 14.6 Å². The lowest BCUT2D eigenvalue weighted by Crippen LogP contribution is -2.34. The highest BCUT2D eigenvalue weighted by Gasteiger charge is 2.41. The Kier molecular flexibility index (Phi) is 4.40. The van der Waals surface area contributed by atoms with Gasteiger partial charge in [0.15, 0.2) is 0 Å². The van der Waals surface area contributed by atoms with Gasteiger partial charge in [0.1, 0.15) is 5.75 Å². The molecule has 1 fully saturated rings. The summed E-state index contributed by atoms with van der Waals surface area (Å²) in [6.45, 7) is 0.673. The Labute approximate surface area is 119 Å². The van der Waals surface area contributed by atoms with E-state index in [1.165, 1.54) is 12.1 Å². The molecular weight excluding hydrogens is 287 g/mol. The van der Waals surface area contributed by atoms with Crippen molar-refractivity contribution in [1.29, 1.82) is 5.26 Å². The quantitative estimate of drug-likeness (QED) is 0.932. The topological polar surface area (TPSA) is 62.5 Å². The zero-order chi connectivity index (χ0) is 15.5. The lowest BCUT2D eigenvalue weighted by atomic mass is 9.74. The molecule has 0 radical (unpaired) electrons. The van der Waals surface area contributed by atoms with Crippen LogP contribution in [-0.4, -0.2) is 24.7 Å². The van der Waals surface area contributed by atoms with E-state index < -0.39 is 23.6 Å².